The van der Waals surface area contributed by atoms with Crippen molar-refractivity contribution in [3.63, 3.8) is 0 Å². The Morgan fingerprint density at radius 2 is 1.90 bits per heavy atom. The summed E-state index contributed by atoms with van der Waals surface area (Å²) < 4.78 is 0. The first-order valence-corrected chi connectivity index (χ1v) is 6.94. The molecule has 4 heteroatoms. The van der Waals surface area contributed by atoms with E-state index in [-0.39, 0.29) is 11.7 Å². The lowest BCUT2D eigenvalue weighted by Gasteiger charge is -2.17. The van der Waals surface area contributed by atoms with Gasteiger partial charge < -0.3 is 15.7 Å². The Hall–Kier alpha value is -2.49. The van der Waals surface area contributed by atoms with E-state index < -0.39 is 6.04 Å². The number of benzene rings is 2. The van der Waals surface area contributed by atoms with Crippen LogP contribution in [0.15, 0.2) is 30.3 Å². The zero-order valence-corrected chi connectivity index (χ0v) is 12.3. The van der Waals surface area contributed by atoms with Crippen LogP contribution < -0.4 is 10.6 Å². The first-order chi connectivity index (χ1) is 9.97. The van der Waals surface area contributed by atoms with E-state index in [1.807, 2.05) is 51.1 Å². The molecule has 0 bridgehead atoms. The number of phenols is 1. The number of carbonyl (C=O) groups excluding carboxylic acids is 1. The lowest BCUT2D eigenvalue weighted by Crippen LogP contribution is -2.20. The average Bonchev–Trinajstić information content (AvgIpc) is 2.75. The molecule has 0 saturated heterocycles. The number of nitrogens with one attached hydrogen (secondary N) is 2. The number of carbonyl (C=O) groups is 1. The smallest absolute Gasteiger partial charge is 0.251 e. The van der Waals surface area contributed by atoms with Gasteiger partial charge in [0.25, 0.3) is 5.91 Å². The monoisotopic (exact) mass is 282 g/mol. The van der Waals surface area contributed by atoms with Crippen LogP contribution in [-0.2, 0) is 4.79 Å². The van der Waals surface area contributed by atoms with Crippen molar-refractivity contribution in [3.05, 3.63) is 52.6 Å². The predicted octanol–water partition coefficient (Wildman–Crippen LogP) is 3.42. The second-order valence-electron chi connectivity index (χ2n) is 5.56. The van der Waals surface area contributed by atoms with Crippen LogP contribution >= 0.6 is 0 Å². The van der Waals surface area contributed by atoms with Gasteiger partial charge in [-0.05, 0) is 38.5 Å². The average molecular weight is 282 g/mol. The van der Waals surface area contributed by atoms with Crippen LogP contribution in [0.2, 0.25) is 0 Å². The van der Waals surface area contributed by atoms with Gasteiger partial charge in [0, 0.05) is 22.5 Å². The van der Waals surface area contributed by atoms with Gasteiger partial charge in [-0.3, -0.25) is 4.79 Å². The Labute approximate surface area is 123 Å². The maximum Gasteiger partial charge on any atom is 0.251 e. The molecule has 3 N–H and O–H groups in total. The quantitative estimate of drug-likeness (QED) is 0.791. The molecule has 108 valence electrons. The highest BCUT2D eigenvalue weighted by Crippen LogP contribution is 2.36. The van der Waals surface area contributed by atoms with E-state index in [0.717, 1.165) is 33.6 Å². The van der Waals surface area contributed by atoms with Crippen molar-refractivity contribution in [2.75, 3.05) is 10.6 Å². The van der Waals surface area contributed by atoms with Crippen molar-refractivity contribution in [1.82, 2.24) is 0 Å². The number of hydrogen-bond donors (Lipinski definition) is 3. The van der Waals surface area contributed by atoms with Gasteiger partial charge in [-0.2, -0.15) is 0 Å². The molecule has 1 heterocycles. The first-order valence-electron chi connectivity index (χ1n) is 6.94. The van der Waals surface area contributed by atoms with Crippen LogP contribution in [0, 0.1) is 20.8 Å². The van der Waals surface area contributed by atoms with Crippen molar-refractivity contribution in [1.29, 1.82) is 0 Å². The largest absolute Gasteiger partial charge is 0.507 e. The van der Waals surface area contributed by atoms with Crippen LogP contribution in [0.3, 0.4) is 0 Å². The van der Waals surface area contributed by atoms with E-state index in [2.05, 4.69) is 10.6 Å². The number of aromatic hydroxyl groups is 1. The number of phenolic OH excluding ortho intramolecular Hbond substituents is 1. The molecule has 1 amide bonds. The van der Waals surface area contributed by atoms with Crippen LogP contribution in [0.1, 0.15) is 28.3 Å². The molecule has 1 aliphatic heterocycles. The molecular weight excluding hydrogens is 264 g/mol. The topological polar surface area (TPSA) is 61.4 Å². The standard InChI is InChI=1S/C17H18N2O2/c1-9-4-6-14-12(8-9)15(17(21)19-14)18-13-7-5-10(2)16(20)11(13)3/h4-8,15,18,20H,1-3H3,(H,19,21). The number of amides is 1. The summed E-state index contributed by atoms with van der Waals surface area (Å²) in [5, 5.41) is 16.1. The molecule has 1 atom stereocenters. The number of rotatable bonds is 2. The summed E-state index contributed by atoms with van der Waals surface area (Å²) >= 11 is 0. The van der Waals surface area contributed by atoms with E-state index in [4.69, 9.17) is 0 Å². The Kier molecular flexibility index (Phi) is 3.09. The van der Waals surface area contributed by atoms with Crippen LogP contribution in [0.25, 0.3) is 0 Å². The minimum atomic E-state index is -0.430. The second-order valence-corrected chi connectivity index (χ2v) is 5.56. The Bertz CT molecular complexity index is 738. The molecule has 3 rings (SSSR count). The van der Waals surface area contributed by atoms with E-state index in [1.165, 1.54) is 0 Å². The number of aryl methyl sites for hydroxylation is 2. The van der Waals surface area contributed by atoms with Gasteiger partial charge >= 0.3 is 0 Å². The zero-order chi connectivity index (χ0) is 15.1. The van der Waals surface area contributed by atoms with Crippen molar-refractivity contribution >= 4 is 17.3 Å². The number of hydrogen-bond acceptors (Lipinski definition) is 3. The van der Waals surface area contributed by atoms with Crippen LogP contribution in [-0.4, -0.2) is 11.0 Å². The molecule has 21 heavy (non-hydrogen) atoms. The summed E-state index contributed by atoms with van der Waals surface area (Å²) in [5.41, 5.74) is 5.25. The van der Waals surface area contributed by atoms with Crippen molar-refractivity contribution in [2.24, 2.45) is 0 Å². The third-order valence-electron chi connectivity index (χ3n) is 3.97. The predicted molar refractivity (Wildman–Crippen MR) is 83.8 cm³/mol. The molecule has 1 unspecified atom stereocenters. The molecule has 2 aromatic carbocycles. The molecule has 0 saturated carbocycles. The maximum absolute atomic E-state index is 12.2. The molecule has 2 aromatic rings. The summed E-state index contributed by atoms with van der Waals surface area (Å²) in [7, 11) is 0. The maximum atomic E-state index is 12.2. The number of fused-ring (bicyclic) bond motifs is 1. The van der Waals surface area contributed by atoms with Crippen LogP contribution in [0.4, 0.5) is 11.4 Å². The van der Waals surface area contributed by atoms with Gasteiger partial charge in [0.15, 0.2) is 0 Å². The summed E-state index contributed by atoms with van der Waals surface area (Å²) in [6.45, 7) is 5.70. The van der Waals surface area contributed by atoms with Gasteiger partial charge in [0.1, 0.15) is 11.8 Å². The molecule has 0 aromatic heterocycles. The molecule has 4 nitrogen and oxygen atoms in total. The van der Waals surface area contributed by atoms with Crippen molar-refractivity contribution < 1.29 is 9.90 Å². The van der Waals surface area contributed by atoms with Gasteiger partial charge in [-0.1, -0.05) is 23.8 Å². The van der Waals surface area contributed by atoms with Crippen LogP contribution in [0.5, 0.6) is 5.75 Å². The normalized spacial score (nSPS) is 16.5. The summed E-state index contributed by atoms with van der Waals surface area (Å²) in [6, 6.07) is 9.21. The molecular formula is C17H18N2O2. The van der Waals surface area contributed by atoms with Crippen molar-refractivity contribution in [3.8, 4) is 5.75 Å². The minimum Gasteiger partial charge on any atom is -0.507 e. The van der Waals surface area contributed by atoms with Gasteiger partial charge in [-0.15, -0.1) is 0 Å². The molecule has 0 fully saturated rings. The van der Waals surface area contributed by atoms with Gasteiger partial charge in [0.05, 0.1) is 0 Å². The van der Waals surface area contributed by atoms with Gasteiger partial charge in [0.2, 0.25) is 0 Å². The highest BCUT2D eigenvalue weighted by atomic mass is 16.3. The Morgan fingerprint density at radius 1 is 1.14 bits per heavy atom. The SMILES string of the molecule is Cc1ccc2c(c1)C(Nc1ccc(C)c(O)c1C)C(=O)N2. The fourth-order valence-electron chi connectivity index (χ4n) is 2.67. The molecule has 0 spiro atoms. The zero-order valence-electron chi connectivity index (χ0n) is 12.3. The summed E-state index contributed by atoms with van der Waals surface area (Å²) in [4.78, 5) is 12.2. The highest BCUT2D eigenvalue weighted by molar-refractivity contribution is 6.04. The Morgan fingerprint density at radius 3 is 2.67 bits per heavy atom. The lowest BCUT2D eigenvalue weighted by atomic mass is 10.0. The van der Waals surface area contributed by atoms with E-state index in [0.29, 0.717) is 0 Å². The van der Waals surface area contributed by atoms with E-state index in [1.54, 1.807) is 0 Å². The molecule has 0 radical (unpaired) electrons. The summed E-state index contributed by atoms with van der Waals surface area (Å²) in [5.74, 6) is 0.193. The third kappa shape index (κ3) is 2.23. The van der Waals surface area contributed by atoms with Crippen molar-refractivity contribution in [2.45, 2.75) is 26.8 Å². The fourth-order valence-corrected chi connectivity index (χ4v) is 2.67. The number of anilines is 2. The Balaban J connectivity index is 1.98. The third-order valence-corrected chi connectivity index (χ3v) is 3.97. The minimum absolute atomic E-state index is 0.0740. The van der Waals surface area contributed by atoms with Gasteiger partial charge in [-0.25, -0.2) is 0 Å². The van der Waals surface area contributed by atoms with E-state index in [9.17, 15) is 9.90 Å². The lowest BCUT2D eigenvalue weighted by molar-refractivity contribution is -0.116. The first kappa shape index (κ1) is 13.5. The second kappa shape index (κ2) is 4.81. The summed E-state index contributed by atoms with van der Waals surface area (Å²) in [6.07, 6.45) is 0. The molecule has 0 aliphatic carbocycles. The molecule has 1 aliphatic rings. The fraction of sp³-hybridized carbons (Fsp3) is 0.235. The van der Waals surface area contributed by atoms with E-state index >= 15 is 0 Å². The highest BCUT2D eigenvalue weighted by Gasteiger charge is 2.30.